The fourth-order valence-corrected chi connectivity index (χ4v) is 4.09. The summed E-state index contributed by atoms with van der Waals surface area (Å²) < 4.78 is 12.5. The number of hydrogen-bond acceptors (Lipinski definition) is 2. The van der Waals surface area contributed by atoms with E-state index in [4.69, 9.17) is 0 Å². The third kappa shape index (κ3) is 2.34. The maximum atomic E-state index is 11.4. The smallest absolute Gasteiger partial charge is 0.0679 e. The van der Waals surface area contributed by atoms with Crippen molar-refractivity contribution in [3.63, 3.8) is 0 Å². The van der Waals surface area contributed by atoms with Crippen LogP contribution in [0.5, 0.6) is 0 Å². The van der Waals surface area contributed by atoms with Crippen LogP contribution < -0.4 is 0 Å². The molecule has 64 valence electrons. The lowest BCUT2D eigenvalue weighted by atomic mass is 10.3. The molecule has 0 radical (unpaired) electrons. The predicted octanol–water partition coefficient (Wildman–Crippen LogP) is 2.51. The molecule has 1 aliphatic rings. The summed E-state index contributed by atoms with van der Waals surface area (Å²) in [5.74, 6) is 1.03. The molecule has 1 aliphatic heterocycles. The standard InChI is InChI=1S/C8H14OS2/c1-3-4-5-8-10-6-7(2)11(8)9/h5,7H,3-4,6H2,1-2H3/b8-5+/t7-,11?/m0/s1. The van der Waals surface area contributed by atoms with E-state index in [0.717, 1.165) is 22.8 Å². The second-order valence-corrected chi connectivity index (χ2v) is 5.89. The third-order valence-electron chi connectivity index (χ3n) is 1.62. The Kier molecular flexibility index (Phi) is 3.66. The molecule has 2 atom stereocenters. The lowest BCUT2D eigenvalue weighted by molar-refractivity contribution is 0.683. The van der Waals surface area contributed by atoms with Gasteiger partial charge in [0.1, 0.15) is 0 Å². The molecule has 0 aliphatic carbocycles. The minimum atomic E-state index is -0.683. The van der Waals surface area contributed by atoms with E-state index >= 15 is 0 Å². The highest BCUT2D eigenvalue weighted by Gasteiger charge is 2.23. The number of hydrogen-bond donors (Lipinski definition) is 0. The van der Waals surface area contributed by atoms with Crippen molar-refractivity contribution in [3.05, 3.63) is 10.3 Å². The minimum absolute atomic E-state index is 0.364. The molecular formula is C8H14OS2. The first-order valence-electron chi connectivity index (χ1n) is 3.99. The molecule has 1 saturated heterocycles. The van der Waals surface area contributed by atoms with Crippen molar-refractivity contribution in [2.45, 2.75) is 31.9 Å². The van der Waals surface area contributed by atoms with E-state index in [-0.39, 0.29) is 0 Å². The van der Waals surface area contributed by atoms with Crippen molar-refractivity contribution in [1.29, 1.82) is 0 Å². The van der Waals surface area contributed by atoms with Crippen LogP contribution in [-0.4, -0.2) is 15.2 Å². The molecule has 0 amide bonds. The van der Waals surface area contributed by atoms with Crippen LogP contribution in [0.3, 0.4) is 0 Å². The van der Waals surface area contributed by atoms with Crippen molar-refractivity contribution in [2.75, 3.05) is 5.75 Å². The van der Waals surface area contributed by atoms with E-state index in [0.29, 0.717) is 5.25 Å². The van der Waals surface area contributed by atoms with E-state index in [2.05, 4.69) is 19.9 Å². The van der Waals surface area contributed by atoms with Crippen LogP contribution in [0.2, 0.25) is 0 Å². The molecule has 1 unspecified atom stereocenters. The number of unbranched alkanes of at least 4 members (excludes halogenated alkanes) is 1. The summed E-state index contributed by atoms with van der Waals surface area (Å²) in [5.41, 5.74) is 0. The molecule has 0 aromatic rings. The monoisotopic (exact) mass is 190 g/mol. The Balaban J connectivity index is 2.54. The van der Waals surface area contributed by atoms with E-state index in [9.17, 15) is 4.21 Å². The first-order valence-corrected chi connectivity index (χ1v) is 6.19. The highest BCUT2D eigenvalue weighted by Crippen LogP contribution is 2.32. The van der Waals surface area contributed by atoms with Gasteiger partial charge in [0.05, 0.1) is 15.0 Å². The van der Waals surface area contributed by atoms with Crippen molar-refractivity contribution < 1.29 is 4.21 Å². The summed E-state index contributed by atoms with van der Waals surface area (Å²) in [4.78, 5) is 0. The normalized spacial score (nSPS) is 34.9. The van der Waals surface area contributed by atoms with Gasteiger partial charge in [0, 0.05) is 11.0 Å². The second kappa shape index (κ2) is 4.31. The third-order valence-corrected chi connectivity index (χ3v) is 5.26. The van der Waals surface area contributed by atoms with Gasteiger partial charge in [-0.15, -0.1) is 11.8 Å². The van der Waals surface area contributed by atoms with Gasteiger partial charge in [-0.25, -0.2) is 0 Å². The van der Waals surface area contributed by atoms with E-state index in [1.165, 1.54) is 0 Å². The zero-order chi connectivity index (χ0) is 8.27. The first-order chi connectivity index (χ1) is 5.25. The van der Waals surface area contributed by atoms with Crippen LogP contribution in [0.25, 0.3) is 0 Å². The Morgan fingerprint density at radius 2 is 2.55 bits per heavy atom. The lowest BCUT2D eigenvalue weighted by Crippen LogP contribution is -2.04. The Labute approximate surface area is 75.1 Å². The Morgan fingerprint density at radius 1 is 1.82 bits per heavy atom. The number of thioether (sulfide) groups is 1. The van der Waals surface area contributed by atoms with Gasteiger partial charge in [-0.2, -0.15) is 0 Å². The summed E-state index contributed by atoms with van der Waals surface area (Å²) in [7, 11) is -0.683. The highest BCUT2D eigenvalue weighted by atomic mass is 32.2. The van der Waals surface area contributed by atoms with Gasteiger partial charge in [-0.05, 0) is 13.3 Å². The van der Waals surface area contributed by atoms with Crippen LogP contribution >= 0.6 is 11.8 Å². The highest BCUT2D eigenvalue weighted by molar-refractivity contribution is 8.19. The Morgan fingerprint density at radius 3 is 3.00 bits per heavy atom. The molecular weight excluding hydrogens is 176 g/mol. The van der Waals surface area contributed by atoms with Crippen LogP contribution in [0.4, 0.5) is 0 Å². The van der Waals surface area contributed by atoms with Gasteiger partial charge in [0.15, 0.2) is 0 Å². The van der Waals surface area contributed by atoms with E-state index in [1.54, 1.807) is 11.8 Å². The van der Waals surface area contributed by atoms with Crippen LogP contribution in [-0.2, 0) is 10.8 Å². The molecule has 1 heterocycles. The maximum Gasteiger partial charge on any atom is 0.0679 e. The SMILES string of the molecule is CCC/C=C1\SC[C@H](C)S1=O. The lowest BCUT2D eigenvalue weighted by Gasteiger charge is -1.95. The Bertz CT molecular complexity index is 187. The molecule has 0 aromatic heterocycles. The molecule has 0 N–H and O–H groups in total. The van der Waals surface area contributed by atoms with Gasteiger partial charge in [0.25, 0.3) is 0 Å². The average molecular weight is 190 g/mol. The minimum Gasteiger partial charge on any atom is -0.254 e. The van der Waals surface area contributed by atoms with Gasteiger partial charge < -0.3 is 0 Å². The Hall–Kier alpha value is 0.240. The van der Waals surface area contributed by atoms with E-state index in [1.807, 2.05) is 0 Å². The molecule has 3 heteroatoms. The van der Waals surface area contributed by atoms with Gasteiger partial charge in [0.2, 0.25) is 0 Å². The molecule has 11 heavy (non-hydrogen) atoms. The molecule has 0 spiro atoms. The molecule has 1 fully saturated rings. The second-order valence-electron chi connectivity index (χ2n) is 2.73. The van der Waals surface area contributed by atoms with E-state index < -0.39 is 10.8 Å². The summed E-state index contributed by atoms with van der Waals surface area (Å²) in [6.45, 7) is 4.19. The van der Waals surface area contributed by atoms with Gasteiger partial charge >= 0.3 is 0 Å². The molecule has 1 nitrogen and oxygen atoms in total. The number of allylic oxidation sites excluding steroid dienone is 1. The quantitative estimate of drug-likeness (QED) is 0.665. The largest absolute Gasteiger partial charge is 0.254 e. The van der Waals surface area contributed by atoms with Crippen molar-refractivity contribution in [3.8, 4) is 0 Å². The predicted molar refractivity (Wildman–Crippen MR) is 53.1 cm³/mol. The fraction of sp³-hybridized carbons (Fsp3) is 0.750. The molecule has 0 aromatic carbocycles. The summed E-state index contributed by atoms with van der Waals surface area (Å²) in [6.07, 6.45) is 4.35. The van der Waals surface area contributed by atoms with Crippen LogP contribution in [0.15, 0.2) is 10.3 Å². The zero-order valence-corrected chi connectivity index (χ0v) is 8.63. The summed E-state index contributed by atoms with van der Waals surface area (Å²) in [6, 6.07) is 0. The zero-order valence-electron chi connectivity index (χ0n) is 7.00. The summed E-state index contributed by atoms with van der Waals surface area (Å²) >= 11 is 1.76. The van der Waals surface area contributed by atoms with Crippen molar-refractivity contribution in [1.82, 2.24) is 0 Å². The maximum absolute atomic E-state index is 11.4. The first kappa shape index (κ1) is 9.33. The van der Waals surface area contributed by atoms with Crippen molar-refractivity contribution >= 4 is 22.6 Å². The fourth-order valence-electron chi connectivity index (χ4n) is 0.921. The topological polar surface area (TPSA) is 17.1 Å². The number of rotatable bonds is 2. The molecule has 0 bridgehead atoms. The van der Waals surface area contributed by atoms with Gasteiger partial charge in [-0.1, -0.05) is 19.4 Å². The molecule has 1 rings (SSSR count). The van der Waals surface area contributed by atoms with Gasteiger partial charge in [-0.3, -0.25) is 4.21 Å². The van der Waals surface area contributed by atoms with Crippen LogP contribution in [0.1, 0.15) is 26.7 Å². The summed E-state index contributed by atoms with van der Waals surface area (Å²) in [5, 5.41) is 0.364. The van der Waals surface area contributed by atoms with Crippen molar-refractivity contribution in [2.24, 2.45) is 0 Å². The average Bonchev–Trinajstić information content (AvgIpc) is 2.31. The van der Waals surface area contributed by atoms with Crippen LogP contribution in [0, 0.1) is 0 Å². The molecule has 0 saturated carbocycles.